The molecule has 1 heterocycles. The summed E-state index contributed by atoms with van der Waals surface area (Å²) in [6, 6.07) is 0. The van der Waals surface area contributed by atoms with Gasteiger partial charge in [-0.15, -0.1) is 11.8 Å². The predicted molar refractivity (Wildman–Crippen MR) is 84.3 cm³/mol. The van der Waals surface area contributed by atoms with Crippen molar-refractivity contribution in [3.8, 4) is 0 Å². The topological polar surface area (TPSA) is 187 Å². The van der Waals surface area contributed by atoms with Crippen LogP contribution in [0.3, 0.4) is 0 Å². The average molecular weight is 356 g/mol. The molecule has 0 aromatic heterocycles. The van der Waals surface area contributed by atoms with Gasteiger partial charge < -0.3 is 31.5 Å². The number of nitrogens with two attached hydrogens (primary N) is 1. The van der Waals surface area contributed by atoms with Gasteiger partial charge in [-0.25, -0.2) is 0 Å². The molecule has 1 aliphatic heterocycles. The van der Waals surface area contributed by atoms with Gasteiger partial charge in [0.15, 0.2) is 0 Å². The third-order valence-corrected chi connectivity index (χ3v) is 2.86. The summed E-state index contributed by atoms with van der Waals surface area (Å²) >= 11 is 1.68. The van der Waals surface area contributed by atoms with Crippen LogP contribution in [-0.4, -0.2) is 75.4 Å². The summed E-state index contributed by atoms with van der Waals surface area (Å²) in [6.45, 7) is 2.41. The van der Waals surface area contributed by atoms with E-state index in [1.165, 1.54) is 6.92 Å². The summed E-state index contributed by atoms with van der Waals surface area (Å²) in [5.41, 5.74) is 4.78. The van der Waals surface area contributed by atoms with E-state index >= 15 is 0 Å². The minimum Gasteiger partial charge on any atom is -0.483 e. The van der Waals surface area contributed by atoms with Gasteiger partial charge >= 0.3 is 11.9 Å². The highest BCUT2D eigenvalue weighted by Crippen LogP contribution is 2.16. The molecule has 136 valence electrons. The molecule has 0 aromatic carbocycles. The highest BCUT2D eigenvalue weighted by molar-refractivity contribution is 8.00. The molecule has 23 heavy (non-hydrogen) atoms. The maximum absolute atomic E-state index is 10.1. The summed E-state index contributed by atoms with van der Waals surface area (Å²) in [4.78, 5) is 37.9. The second kappa shape index (κ2) is 20.3. The zero-order chi connectivity index (χ0) is 18.7. The van der Waals surface area contributed by atoms with Gasteiger partial charge in [0.05, 0.1) is 18.4 Å². The van der Waals surface area contributed by atoms with Crippen LogP contribution in [0.25, 0.3) is 0 Å². The van der Waals surface area contributed by atoms with Crippen molar-refractivity contribution in [3.05, 3.63) is 0 Å². The Labute approximate surface area is 138 Å². The minimum absolute atomic E-state index is 0.0972. The average Bonchev–Trinajstić information content (AvgIpc) is 2.91. The third kappa shape index (κ3) is 33.3. The second-order valence-corrected chi connectivity index (χ2v) is 5.11. The van der Waals surface area contributed by atoms with Gasteiger partial charge in [0.25, 0.3) is 6.47 Å². The fourth-order valence-electron chi connectivity index (χ4n) is 0.983. The molecule has 1 atom stereocenters. The molecule has 1 saturated heterocycles. The number of thioether (sulfide) groups is 1. The first-order valence-electron chi connectivity index (χ1n) is 6.41. The van der Waals surface area contributed by atoms with E-state index in [1.807, 2.05) is 0 Å². The van der Waals surface area contributed by atoms with Crippen molar-refractivity contribution >= 4 is 36.0 Å². The number of carboxylic acids is 2. The Balaban J connectivity index is -0.000000255. The van der Waals surface area contributed by atoms with E-state index in [0.717, 1.165) is 12.3 Å². The standard InChI is InChI=1S/C5H9NO2S.C4H6O3.C2H7NO.CH2O2/c7-5(8)3-4-6-1-2-9-4;1-3(5)2-4(6)7;3-1-2-4;2-1-3/h4,6H,1-3H2,(H,7,8);2H2,1H3,(H,6,7);4H,1-3H2;1H,(H,2,3). The lowest BCUT2D eigenvalue weighted by molar-refractivity contribution is -0.140. The third-order valence-electron chi connectivity index (χ3n) is 1.68. The van der Waals surface area contributed by atoms with E-state index in [9.17, 15) is 14.4 Å². The summed E-state index contributed by atoms with van der Waals surface area (Å²) in [5, 5.41) is 34.0. The lowest BCUT2D eigenvalue weighted by Gasteiger charge is -2.02. The van der Waals surface area contributed by atoms with Gasteiger partial charge in [-0.2, -0.15) is 0 Å². The molecule has 0 radical (unpaired) electrons. The molecule has 0 aromatic rings. The van der Waals surface area contributed by atoms with E-state index in [4.69, 9.17) is 31.0 Å². The van der Waals surface area contributed by atoms with Crippen LogP contribution >= 0.6 is 11.8 Å². The molecular formula is C12H24N2O8S. The molecule has 7 N–H and O–H groups in total. The first-order valence-corrected chi connectivity index (χ1v) is 7.46. The van der Waals surface area contributed by atoms with Gasteiger partial charge in [-0.3, -0.25) is 19.2 Å². The molecule has 11 heteroatoms. The summed E-state index contributed by atoms with van der Waals surface area (Å²) in [7, 11) is 0. The number of hydrogen-bond donors (Lipinski definition) is 6. The molecule has 10 nitrogen and oxygen atoms in total. The van der Waals surface area contributed by atoms with E-state index < -0.39 is 11.9 Å². The van der Waals surface area contributed by atoms with Crippen LogP contribution in [0, 0.1) is 0 Å². The molecule has 0 aliphatic carbocycles. The minimum atomic E-state index is -1.06. The van der Waals surface area contributed by atoms with Crippen molar-refractivity contribution < 1.29 is 39.6 Å². The Kier molecular flexibility index (Phi) is 23.2. The maximum atomic E-state index is 10.1. The lowest BCUT2D eigenvalue weighted by atomic mass is 10.3. The molecule has 0 spiro atoms. The largest absolute Gasteiger partial charge is 0.483 e. The number of aliphatic carboxylic acids is 2. The van der Waals surface area contributed by atoms with E-state index in [0.29, 0.717) is 6.54 Å². The molecule has 1 fully saturated rings. The van der Waals surface area contributed by atoms with Crippen LogP contribution < -0.4 is 11.1 Å². The number of aliphatic hydroxyl groups is 1. The molecule has 1 aliphatic rings. The van der Waals surface area contributed by atoms with Gasteiger partial charge in [0.1, 0.15) is 12.2 Å². The first kappa shape index (κ1) is 26.2. The summed E-state index contributed by atoms with van der Waals surface area (Å²) < 4.78 is 0. The summed E-state index contributed by atoms with van der Waals surface area (Å²) in [5.74, 6) is -1.06. The van der Waals surface area contributed by atoms with Crippen molar-refractivity contribution in [2.75, 3.05) is 25.4 Å². The molecule has 0 bridgehead atoms. The van der Waals surface area contributed by atoms with Gasteiger partial charge in [0, 0.05) is 18.8 Å². The highest BCUT2D eigenvalue weighted by Gasteiger charge is 2.16. The number of aliphatic hydroxyl groups excluding tert-OH is 1. The number of hydrogen-bond acceptors (Lipinski definition) is 8. The zero-order valence-electron chi connectivity index (χ0n) is 12.8. The lowest BCUT2D eigenvalue weighted by Crippen LogP contribution is -2.22. The number of rotatable bonds is 5. The maximum Gasteiger partial charge on any atom is 0.310 e. The quantitative estimate of drug-likeness (QED) is 0.257. The Morgan fingerprint density at radius 3 is 1.96 bits per heavy atom. The SMILES string of the molecule is CC(=O)CC(=O)O.NCCO.O=C(O)CC1NCCS1.O=CO. The molecular weight excluding hydrogens is 332 g/mol. The number of nitrogens with one attached hydrogen (secondary N) is 1. The van der Waals surface area contributed by atoms with Crippen molar-refractivity contribution in [1.82, 2.24) is 5.32 Å². The summed E-state index contributed by atoms with van der Waals surface area (Å²) in [6.07, 6.45) is -0.120. The number of ketones is 1. The zero-order valence-corrected chi connectivity index (χ0v) is 13.6. The van der Waals surface area contributed by atoms with E-state index in [2.05, 4.69) is 5.32 Å². The molecule has 1 unspecified atom stereocenters. The molecule has 1 rings (SSSR count). The number of carbonyl (C=O) groups excluding carboxylic acids is 1. The number of carbonyl (C=O) groups is 4. The van der Waals surface area contributed by atoms with Crippen LogP contribution in [0.4, 0.5) is 0 Å². The van der Waals surface area contributed by atoms with Crippen molar-refractivity contribution in [2.45, 2.75) is 25.1 Å². The van der Waals surface area contributed by atoms with E-state index in [-0.39, 0.29) is 37.1 Å². The van der Waals surface area contributed by atoms with Crippen LogP contribution in [-0.2, 0) is 19.2 Å². The van der Waals surface area contributed by atoms with E-state index in [1.54, 1.807) is 11.8 Å². The van der Waals surface area contributed by atoms with Crippen molar-refractivity contribution in [2.24, 2.45) is 5.73 Å². The Hall–Kier alpha value is -1.69. The Morgan fingerprint density at radius 2 is 1.78 bits per heavy atom. The predicted octanol–water partition coefficient (Wildman–Crippen LogP) is -1.19. The second-order valence-electron chi connectivity index (χ2n) is 3.80. The Morgan fingerprint density at radius 1 is 1.30 bits per heavy atom. The van der Waals surface area contributed by atoms with Crippen LogP contribution in [0.5, 0.6) is 0 Å². The monoisotopic (exact) mass is 356 g/mol. The normalized spacial score (nSPS) is 14.7. The van der Waals surface area contributed by atoms with Crippen LogP contribution in [0.15, 0.2) is 0 Å². The van der Waals surface area contributed by atoms with Crippen LogP contribution in [0.2, 0.25) is 0 Å². The van der Waals surface area contributed by atoms with Crippen molar-refractivity contribution in [3.63, 3.8) is 0 Å². The number of Topliss-reactive ketones (excluding diaryl/α,β-unsaturated/α-hetero) is 1. The van der Waals surface area contributed by atoms with Crippen LogP contribution in [0.1, 0.15) is 19.8 Å². The fraction of sp³-hybridized carbons (Fsp3) is 0.667. The fourth-order valence-corrected chi connectivity index (χ4v) is 2.00. The highest BCUT2D eigenvalue weighted by atomic mass is 32.2. The van der Waals surface area contributed by atoms with Gasteiger partial charge in [-0.05, 0) is 6.92 Å². The van der Waals surface area contributed by atoms with Gasteiger partial charge in [0.2, 0.25) is 0 Å². The molecule has 0 amide bonds. The van der Waals surface area contributed by atoms with Gasteiger partial charge in [-0.1, -0.05) is 0 Å². The molecule has 0 saturated carbocycles. The first-order chi connectivity index (χ1) is 10.7. The smallest absolute Gasteiger partial charge is 0.310 e. The Bertz CT molecular complexity index is 321. The number of carboxylic acid groups (broad SMARTS) is 3. The van der Waals surface area contributed by atoms with Crippen molar-refractivity contribution in [1.29, 1.82) is 0 Å².